The van der Waals surface area contributed by atoms with Gasteiger partial charge in [-0.15, -0.1) is 0 Å². The van der Waals surface area contributed by atoms with Crippen LogP contribution in [0, 0.1) is 5.41 Å². The van der Waals surface area contributed by atoms with E-state index in [9.17, 15) is 8.42 Å². The molecule has 102 valence electrons. The summed E-state index contributed by atoms with van der Waals surface area (Å²) in [4.78, 5) is 1.94. The SMILES string of the molecule is CN(CC(C)(C)C)c1ccc(N)cc1S(N)(=O)=O. The first kappa shape index (κ1) is 14.8. The molecule has 1 rings (SSSR count). The molecule has 0 unspecified atom stereocenters. The van der Waals surface area contributed by atoms with Crippen LogP contribution in [0.4, 0.5) is 11.4 Å². The average Bonchev–Trinajstić information content (AvgIpc) is 2.13. The van der Waals surface area contributed by atoms with Crippen molar-refractivity contribution in [3.63, 3.8) is 0 Å². The number of rotatable bonds is 3. The minimum atomic E-state index is -3.78. The summed E-state index contributed by atoms with van der Waals surface area (Å²) in [6.45, 7) is 6.95. The fourth-order valence-corrected chi connectivity index (χ4v) is 2.69. The van der Waals surface area contributed by atoms with E-state index in [0.717, 1.165) is 0 Å². The molecule has 1 aromatic carbocycles. The van der Waals surface area contributed by atoms with E-state index in [1.807, 2.05) is 11.9 Å². The molecular formula is C12H21N3O2S. The van der Waals surface area contributed by atoms with Crippen molar-refractivity contribution < 1.29 is 8.42 Å². The Kier molecular flexibility index (Phi) is 3.92. The average molecular weight is 271 g/mol. The fourth-order valence-electron chi connectivity index (χ4n) is 1.87. The molecule has 1 aromatic rings. The van der Waals surface area contributed by atoms with Gasteiger partial charge in [-0.1, -0.05) is 20.8 Å². The van der Waals surface area contributed by atoms with E-state index in [4.69, 9.17) is 10.9 Å². The summed E-state index contributed by atoms with van der Waals surface area (Å²) < 4.78 is 23.1. The molecule has 0 amide bonds. The molecule has 18 heavy (non-hydrogen) atoms. The van der Waals surface area contributed by atoms with Gasteiger partial charge in [0.05, 0.1) is 5.69 Å². The van der Waals surface area contributed by atoms with Crippen LogP contribution in [0.1, 0.15) is 20.8 Å². The predicted molar refractivity (Wildman–Crippen MR) is 75.0 cm³/mol. The number of hydrogen-bond acceptors (Lipinski definition) is 4. The number of nitrogens with zero attached hydrogens (tertiary/aromatic N) is 1. The van der Waals surface area contributed by atoms with E-state index in [1.165, 1.54) is 6.07 Å². The highest BCUT2D eigenvalue weighted by Gasteiger charge is 2.20. The Bertz CT molecular complexity index is 533. The minimum absolute atomic E-state index is 0.0474. The van der Waals surface area contributed by atoms with E-state index in [2.05, 4.69) is 20.8 Å². The normalized spacial score (nSPS) is 12.5. The van der Waals surface area contributed by atoms with Gasteiger partial charge in [0.1, 0.15) is 4.90 Å². The number of primary sulfonamides is 1. The van der Waals surface area contributed by atoms with Gasteiger partial charge >= 0.3 is 0 Å². The van der Waals surface area contributed by atoms with Crippen molar-refractivity contribution in [1.82, 2.24) is 0 Å². The third kappa shape index (κ3) is 3.89. The van der Waals surface area contributed by atoms with Gasteiger partial charge in [0.25, 0.3) is 0 Å². The molecule has 0 aliphatic carbocycles. The maximum Gasteiger partial charge on any atom is 0.240 e. The first-order valence-corrected chi connectivity index (χ1v) is 7.19. The topological polar surface area (TPSA) is 89.4 Å². The molecule has 0 radical (unpaired) electrons. The Balaban J connectivity index is 3.25. The van der Waals surface area contributed by atoms with Gasteiger partial charge in [-0.3, -0.25) is 0 Å². The zero-order chi connectivity index (χ0) is 14.1. The summed E-state index contributed by atoms with van der Waals surface area (Å²) in [6.07, 6.45) is 0. The molecule has 0 aliphatic heterocycles. The van der Waals surface area contributed by atoms with Crippen LogP contribution in [-0.2, 0) is 10.0 Å². The van der Waals surface area contributed by atoms with Crippen molar-refractivity contribution in [2.24, 2.45) is 10.6 Å². The molecule has 5 nitrogen and oxygen atoms in total. The van der Waals surface area contributed by atoms with Gasteiger partial charge in [-0.25, -0.2) is 13.6 Å². The summed E-state index contributed by atoms with van der Waals surface area (Å²) in [5, 5.41) is 5.22. The molecule has 0 spiro atoms. The Labute approximate surface area is 109 Å². The van der Waals surface area contributed by atoms with E-state index in [-0.39, 0.29) is 10.3 Å². The summed E-state index contributed by atoms with van der Waals surface area (Å²) >= 11 is 0. The van der Waals surface area contributed by atoms with Crippen LogP contribution in [0.5, 0.6) is 0 Å². The van der Waals surface area contributed by atoms with Gasteiger partial charge < -0.3 is 10.6 Å². The number of sulfonamides is 1. The highest BCUT2D eigenvalue weighted by atomic mass is 32.2. The third-order valence-corrected chi connectivity index (χ3v) is 3.35. The predicted octanol–water partition coefficient (Wildman–Crippen LogP) is 1.40. The molecule has 0 aliphatic rings. The molecular weight excluding hydrogens is 250 g/mol. The van der Waals surface area contributed by atoms with Crippen molar-refractivity contribution in [3.8, 4) is 0 Å². The first-order valence-electron chi connectivity index (χ1n) is 5.64. The van der Waals surface area contributed by atoms with Crippen LogP contribution in [0.15, 0.2) is 23.1 Å². The third-order valence-electron chi connectivity index (χ3n) is 2.41. The van der Waals surface area contributed by atoms with Gasteiger partial charge in [-0.05, 0) is 23.6 Å². The van der Waals surface area contributed by atoms with Crippen LogP contribution in [0.3, 0.4) is 0 Å². The summed E-state index contributed by atoms with van der Waals surface area (Å²) in [6, 6.07) is 4.74. The van der Waals surface area contributed by atoms with Crippen LogP contribution >= 0.6 is 0 Å². The quantitative estimate of drug-likeness (QED) is 0.813. The zero-order valence-electron chi connectivity index (χ0n) is 11.3. The molecule has 0 saturated heterocycles. The maximum absolute atomic E-state index is 11.6. The number of benzene rings is 1. The Hall–Kier alpha value is -1.27. The van der Waals surface area contributed by atoms with E-state index in [0.29, 0.717) is 17.9 Å². The second-order valence-electron chi connectivity index (χ2n) is 5.69. The van der Waals surface area contributed by atoms with Gasteiger partial charge in [0, 0.05) is 19.3 Å². The van der Waals surface area contributed by atoms with Gasteiger partial charge in [-0.2, -0.15) is 0 Å². The summed E-state index contributed by atoms with van der Waals surface area (Å²) in [5.41, 5.74) is 6.61. The molecule has 0 aromatic heterocycles. The summed E-state index contributed by atoms with van der Waals surface area (Å²) in [5.74, 6) is 0. The first-order chi connectivity index (χ1) is 8.00. The van der Waals surface area contributed by atoms with Crippen LogP contribution in [0.25, 0.3) is 0 Å². The van der Waals surface area contributed by atoms with Crippen molar-refractivity contribution >= 4 is 21.4 Å². The lowest BCUT2D eigenvalue weighted by molar-refractivity contribution is 0.418. The summed E-state index contributed by atoms with van der Waals surface area (Å²) in [7, 11) is -1.94. The number of nitrogens with two attached hydrogens (primary N) is 2. The van der Waals surface area contributed by atoms with E-state index in [1.54, 1.807) is 12.1 Å². The van der Waals surface area contributed by atoms with Gasteiger partial charge in [0.2, 0.25) is 10.0 Å². The van der Waals surface area contributed by atoms with Crippen LogP contribution in [-0.4, -0.2) is 22.0 Å². The highest BCUT2D eigenvalue weighted by Crippen LogP contribution is 2.28. The largest absolute Gasteiger partial charge is 0.399 e. The lowest BCUT2D eigenvalue weighted by atomic mass is 9.96. The van der Waals surface area contributed by atoms with Crippen molar-refractivity contribution in [2.75, 3.05) is 24.2 Å². The fraction of sp³-hybridized carbons (Fsp3) is 0.500. The zero-order valence-corrected chi connectivity index (χ0v) is 12.1. The second kappa shape index (κ2) is 4.78. The molecule has 0 fully saturated rings. The minimum Gasteiger partial charge on any atom is -0.399 e. The second-order valence-corrected chi connectivity index (χ2v) is 7.22. The molecule has 0 bridgehead atoms. The number of nitrogen functional groups attached to an aromatic ring is 1. The van der Waals surface area contributed by atoms with Crippen molar-refractivity contribution in [1.29, 1.82) is 0 Å². The van der Waals surface area contributed by atoms with E-state index >= 15 is 0 Å². The van der Waals surface area contributed by atoms with Crippen molar-refractivity contribution in [3.05, 3.63) is 18.2 Å². The Morgan fingerprint density at radius 3 is 2.28 bits per heavy atom. The smallest absolute Gasteiger partial charge is 0.240 e. The highest BCUT2D eigenvalue weighted by molar-refractivity contribution is 7.89. The Morgan fingerprint density at radius 2 is 1.83 bits per heavy atom. The lowest BCUT2D eigenvalue weighted by Crippen LogP contribution is -2.30. The molecule has 0 saturated carbocycles. The van der Waals surface area contributed by atoms with Gasteiger partial charge in [0.15, 0.2) is 0 Å². The number of anilines is 2. The monoisotopic (exact) mass is 271 g/mol. The standard InChI is InChI=1S/C12H21N3O2S/c1-12(2,3)8-15(4)10-6-5-9(13)7-11(10)18(14,16)17/h5-7H,8,13H2,1-4H3,(H2,14,16,17). The van der Waals surface area contributed by atoms with Crippen molar-refractivity contribution in [2.45, 2.75) is 25.7 Å². The Morgan fingerprint density at radius 1 is 1.28 bits per heavy atom. The molecule has 4 N–H and O–H groups in total. The maximum atomic E-state index is 11.6. The molecule has 0 atom stereocenters. The van der Waals surface area contributed by atoms with E-state index < -0.39 is 10.0 Å². The van der Waals surface area contributed by atoms with Crippen LogP contribution < -0.4 is 15.8 Å². The van der Waals surface area contributed by atoms with Crippen LogP contribution in [0.2, 0.25) is 0 Å². The molecule has 6 heteroatoms. The molecule has 0 heterocycles. The lowest BCUT2D eigenvalue weighted by Gasteiger charge is -2.29. The number of hydrogen-bond donors (Lipinski definition) is 2.